The first-order chi connectivity index (χ1) is 12.6. The molecule has 1 atom stereocenters. The second-order valence-electron chi connectivity index (χ2n) is 5.82. The van der Waals surface area contributed by atoms with Gasteiger partial charge in [0.2, 0.25) is 11.8 Å². The lowest BCUT2D eigenvalue weighted by Gasteiger charge is -2.16. The Morgan fingerprint density at radius 3 is 3.00 bits per heavy atom. The lowest BCUT2D eigenvalue weighted by atomic mass is 10.1. The van der Waals surface area contributed by atoms with Gasteiger partial charge >= 0.3 is 0 Å². The molecule has 2 amide bonds. The predicted molar refractivity (Wildman–Crippen MR) is 103 cm³/mol. The van der Waals surface area contributed by atoms with Crippen LogP contribution in [0.25, 0.3) is 11.5 Å². The van der Waals surface area contributed by atoms with Gasteiger partial charge in [-0.1, -0.05) is 22.0 Å². The molecule has 2 aromatic heterocycles. The SMILES string of the molecule is O=C(Nc1nc(-c2ccco2)cs1)C1CCN(c2cccc(Br)c2)C1=O. The number of halogens is 1. The number of anilines is 2. The van der Waals surface area contributed by atoms with E-state index in [1.165, 1.54) is 11.3 Å². The van der Waals surface area contributed by atoms with Gasteiger partial charge in [-0.15, -0.1) is 11.3 Å². The number of nitrogens with zero attached hydrogens (tertiary/aromatic N) is 2. The minimum atomic E-state index is -0.704. The van der Waals surface area contributed by atoms with Crippen LogP contribution in [0.2, 0.25) is 0 Å². The Hall–Kier alpha value is -2.45. The maximum Gasteiger partial charge on any atom is 0.239 e. The van der Waals surface area contributed by atoms with Gasteiger partial charge in [-0.25, -0.2) is 4.98 Å². The maximum absolute atomic E-state index is 12.7. The third-order valence-corrected chi connectivity index (χ3v) is 5.40. The highest BCUT2D eigenvalue weighted by Gasteiger charge is 2.38. The summed E-state index contributed by atoms with van der Waals surface area (Å²) < 4.78 is 6.19. The van der Waals surface area contributed by atoms with Crippen molar-refractivity contribution < 1.29 is 14.0 Å². The molecule has 1 fully saturated rings. The van der Waals surface area contributed by atoms with Crippen molar-refractivity contribution in [2.45, 2.75) is 6.42 Å². The maximum atomic E-state index is 12.7. The Morgan fingerprint density at radius 2 is 2.23 bits per heavy atom. The van der Waals surface area contributed by atoms with E-state index in [1.807, 2.05) is 24.3 Å². The van der Waals surface area contributed by atoms with Crippen molar-refractivity contribution in [1.82, 2.24) is 4.98 Å². The number of hydrogen-bond donors (Lipinski definition) is 1. The number of rotatable bonds is 4. The normalized spacial score (nSPS) is 16.9. The van der Waals surface area contributed by atoms with E-state index in [0.29, 0.717) is 29.6 Å². The van der Waals surface area contributed by atoms with Gasteiger partial charge in [0.15, 0.2) is 10.9 Å². The molecular weight excluding hydrogens is 418 g/mol. The molecule has 4 rings (SSSR count). The summed E-state index contributed by atoms with van der Waals surface area (Å²) in [7, 11) is 0. The molecule has 3 aromatic rings. The largest absolute Gasteiger partial charge is 0.463 e. The Balaban J connectivity index is 1.45. The summed E-state index contributed by atoms with van der Waals surface area (Å²) in [5, 5.41) is 5.01. The zero-order chi connectivity index (χ0) is 18.1. The lowest BCUT2D eigenvalue weighted by molar-refractivity contribution is -0.129. The van der Waals surface area contributed by atoms with Gasteiger partial charge < -0.3 is 14.6 Å². The van der Waals surface area contributed by atoms with Crippen LogP contribution in [0.1, 0.15) is 6.42 Å². The van der Waals surface area contributed by atoms with E-state index in [-0.39, 0.29) is 11.8 Å². The quantitative estimate of drug-likeness (QED) is 0.629. The number of benzene rings is 1. The molecule has 3 heterocycles. The molecule has 8 heteroatoms. The predicted octanol–water partition coefficient (Wildman–Crippen LogP) is 4.16. The fraction of sp³-hybridized carbons (Fsp3) is 0.167. The van der Waals surface area contributed by atoms with Crippen molar-refractivity contribution in [1.29, 1.82) is 0 Å². The summed E-state index contributed by atoms with van der Waals surface area (Å²) in [6, 6.07) is 11.1. The Bertz CT molecular complexity index is 954. The van der Waals surface area contributed by atoms with Gasteiger partial charge in [-0.3, -0.25) is 9.59 Å². The zero-order valence-electron chi connectivity index (χ0n) is 13.5. The van der Waals surface area contributed by atoms with Crippen LogP contribution in [0.3, 0.4) is 0 Å². The van der Waals surface area contributed by atoms with Gasteiger partial charge in [0.1, 0.15) is 11.6 Å². The van der Waals surface area contributed by atoms with Crippen LogP contribution in [0.5, 0.6) is 0 Å². The van der Waals surface area contributed by atoms with Crippen LogP contribution in [0.15, 0.2) is 56.9 Å². The summed E-state index contributed by atoms with van der Waals surface area (Å²) >= 11 is 4.71. The van der Waals surface area contributed by atoms with Gasteiger partial charge in [-0.2, -0.15) is 0 Å². The van der Waals surface area contributed by atoms with Crippen molar-refractivity contribution in [2.75, 3.05) is 16.8 Å². The second-order valence-corrected chi connectivity index (χ2v) is 7.59. The third kappa shape index (κ3) is 3.30. The molecular formula is C18H14BrN3O3S. The summed E-state index contributed by atoms with van der Waals surface area (Å²) in [5.41, 5.74) is 1.44. The first-order valence-electron chi connectivity index (χ1n) is 7.99. The first kappa shape index (κ1) is 17.0. The molecule has 0 spiro atoms. The molecule has 26 heavy (non-hydrogen) atoms. The van der Waals surface area contributed by atoms with Crippen LogP contribution < -0.4 is 10.2 Å². The highest BCUT2D eigenvalue weighted by Crippen LogP contribution is 2.29. The van der Waals surface area contributed by atoms with Gasteiger partial charge in [0.25, 0.3) is 0 Å². The van der Waals surface area contributed by atoms with E-state index < -0.39 is 5.92 Å². The average Bonchev–Trinajstić information content (AvgIpc) is 3.34. The molecule has 0 aliphatic carbocycles. The molecule has 1 N–H and O–H groups in total. The smallest absolute Gasteiger partial charge is 0.239 e. The fourth-order valence-corrected chi connectivity index (χ4v) is 3.97. The standard InChI is InChI=1S/C18H14BrN3O3S/c19-11-3-1-4-12(9-11)22-7-6-13(17(22)24)16(23)21-18-20-14(10-26-18)15-5-2-8-25-15/h1-5,8-10,13H,6-7H2,(H,20,21,23). The number of amides is 2. The van der Waals surface area contributed by atoms with E-state index in [4.69, 9.17) is 4.42 Å². The summed E-state index contributed by atoms with van der Waals surface area (Å²) in [6.07, 6.45) is 2.05. The van der Waals surface area contributed by atoms with E-state index in [2.05, 4.69) is 26.2 Å². The number of carbonyl (C=O) groups is 2. The topological polar surface area (TPSA) is 75.4 Å². The first-order valence-corrected chi connectivity index (χ1v) is 9.66. The highest BCUT2D eigenvalue weighted by atomic mass is 79.9. The number of furan rings is 1. The van der Waals surface area contributed by atoms with Crippen molar-refractivity contribution in [3.63, 3.8) is 0 Å². The summed E-state index contributed by atoms with van der Waals surface area (Å²) in [5.74, 6) is -0.583. The molecule has 0 radical (unpaired) electrons. The zero-order valence-corrected chi connectivity index (χ0v) is 15.9. The Labute approximate surface area is 162 Å². The minimum Gasteiger partial charge on any atom is -0.463 e. The molecule has 6 nitrogen and oxygen atoms in total. The summed E-state index contributed by atoms with van der Waals surface area (Å²) in [4.78, 5) is 31.2. The van der Waals surface area contributed by atoms with E-state index in [1.54, 1.807) is 28.7 Å². The van der Waals surface area contributed by atoms with Crippen LogP contribution in [0.4, 0.5) is 10.8 Å². The molecule has 1 saturated heterocycles. The molecule has 0 saturated carbocycles. The number of thiazole rings is 1. The Kier molecular flexibility index (Phi) is 4.60. The van der Waals surface area contributed by atoms with E-state index in [9.17, 15) is 9.59 Å². The molecule has 132 valence electrons. The van der Waals surface area contributed by atoms with Crippen molar-refractivity contribution in [3.8, 4) is 11.5 Å². The number of hydrogen-bond acceptors (Lipinski definition) is 5. The van der Waals surface area contributed by atoms with Crippen LogP contribution in [-0.2, 0) is 9.59 Å². The summed E-state index contributed by atoms with van der Waals surface area (Å²) in [6.45, 7) is 0.517. The van der Waals surface area contributed by atoms with Gasteiger partial charge in [0, 0.05) is 22.1 Å². The van der Waals surface area contributed by atoms with Crippen LogP contribution >= 0.6 is 27.3 Å². The molecule has 1 aromatic carbocycles. The van der Waals surface area contributed by atoms with E-state index >= 15 is 0 Å². The van der Waals surface area contributed by atoms with Gasteiger partial charge in [-0.05, 0) is 36.8 Å². The van der Waals surface area contributed by atoms with Gasteiger partial charge in [0.05, 0.1) is 6.26 Å². The third-order valence-electron chi connectivity index (χ3n) is 4.15. The minimum absolute atomic E-state index is 0.191. The average molecular weight is 432 g/mol. The number of aromatic nitrogens is 1. The van der Waals surface area contributed by atoms with Crippen molar-refractivity contribution >= 4 is 49.9 Å². The van der Waals surface area contributed by atoms with E-state index in [0.717, 1.165) is 10.2 Å². The second kappa shape index (κ2) is 7.05. The monoisotopic (exact) mass is 431 g/mol. The molecule has 1 aliphatic heterocycles. The van der Waals surface area contributed by atoms with Crippen molar-refractivity contribution in [2.24, 2.45) is 5.92 Å². The molecule has 0 bridgehead atoms. The lowest BCUT2D eigenvalue weighted by Crippen LogP contribution is -2.33. The highest BCUT2D eigenvalue weighted by molar-refractivity contribution is 9.10. The molecule has 1 unspecified atom stereocenters. The van der Waals surface area contributed by atoms with Crippen molar-refractivity contribution in [3.05, 3.63) is 52.5 Å². The fourth-order valence-electron chi connectivity index (χ4n) is 2.88. The number of nitrogens with one attached hydrogen (secondary N) is 1. The number of carbonyl (C=O) groups excluding carboxylic acids is 2. The Morgan fingerprint density at radius 1 is 1.35 bits per heavy atom. The van der Waals surface area contributed by atoms with Crippen LogP contribution in [-0.4, -0.2) is 23.3 Å². The molecule has 1 aliphatic rings. The van der Waals surface area contributed by atoms with Crippen LogP contribution in [0, 0.1) is 5.92 Å².